The fourth-order valence-corrected chi connectivity index (χ4v) is 3.87. The molecule has 3 rings (SSSR count). The zero-order valence-corrected chi connectivity index (χ0v) is 15.1. The summed E-state index contributed by atoms with van der Waals surface area (Å²) in [4.78, 5) is 25.0. The van der Waals surface area contributed by atoms with Crippen LogP contribution >= 0.6 is 0 Å². The second-order valence-corrected chi connectivity index (χ2v) is 6.86. The second-order valence-electron chi connectivity index (χ2n) is 6.86. The Morgan fingerprint density at radius 2 is 1.85 bits per heavy atom. The molecule has 0 spiro atoms. The van der Waals surface area contributed by atoms with Gasteiger partial charge in [0.05, 0.1) is 26.2 Å². The molecule has 142 valence electrons. The van der Waals surface area contributed by atoms with Crippen LogP contribution in [0, 0.1) is 5.92 Å². The van der Waals surface area contributed by atoms with Gasteiger partial charge in [0.1, 0.15) is 0 Å². The van der Waals surface area contributed by atoms with E-state index in [4.69, 9.17) is 14.2 Å². The minimum atomic E-state index is -0.921. The van der Waals surface area contributed by atoms with E-state index in [-0.39, 0.29) is 18.6 Å². The molecule has 7 nitrogen and oxygen atoms in total. The maximum Gasteiger partial charge on any atom is 0.409 e. The standard InChI is InChI=1S/C19H25NO6/c1-24-16-8-7-12(9-17(16)26-13-5-3-4-6-13)14-10-20(19(23)25-2)11-15(14)18(21)22/h7-9,13-15H,3-6,10-11H2,1-2H3,(H,21,22)/t14-,15+/m0/s1. The SMILES string of the molecule is COC(=O)N1C[C@@H](C(=O)O)[C@H](c2ccc(OC)c(OC3CCCC3)c2)C1. The zero-order valence-electron chi connectivity index (χ0n) is 15.1. The topological polar surface area (TPSA) is 85.3 Å². The second kappa shape index (κ2) is 7.85. The van der Waals surface area contributed by atoms with Crippen LogP contribution in [-0.2, 0) is 9.53 Å². The van der Waals surface area contributed by atoms with Gasteiger partial charge >= 0.3 is 12.1 Å². The van der Waals surface area contributed by atoms with E-state index >= 15 is 0 Å². The summed E-state index contributed by atoms with van der Waals surface area (Å²) in [5.74, 6) is -0.645. The third-order valence-electron chi connectivity index (χ3n) is 5.28. The molecule has 0 bridgehead atoms. The molecule has 2 fully saturated rings. The molecule has 0 aromatic heterocycles. The normalized spacial score (nSPS) is 23.1. The highest BCUT2D eigenvalue weighted by molar-refractivity contribution is 5.75. The van der Waals surface area contributed by atoms with Crippen molar-refractivity contribution < 1.29 is 28.9 Å². The highest BCUT2D eigenvalue weighted by atomic mass is 16.5. The molecule has 2 aliphatic rings. The van der Waals surface area contributed by atoms with E-state index in [1.54, 1.807) is 13.2 Å². The van der Waals surface area contributed by atoms with Crippen LogP contribution in [0.4, 0.5) is 4.79 Å². The van der Waals surface area contributed by atoms with Gasteiger partial charge < -0.3 is 24.2 Å². The van der Waals surface area contributed by atoms with E-state index in [0.717, 1.165) is 31.2 Å². The largest absolute Gasteiger partial charge is 0.493 e. The van der Waals surface area contributed by atoms with Crippen molar-refractivity contribution in [2.75, 3.05) is 27.3 Å². The van der Waals surface area contributed by atoms with Crippen molar-refractivity contribution in [1.82, 2.24) is 4.90 Å². The van der Waals surface area contributed by atoms with Crippen LogP contribution in [0.3, 0.4) is 0 Å². The van der Waals surface area contributed by atoms with E-state index in [2.05, 4.69) is 0 Å². The summed E-state index contributed by atoms with van der Waals surface area (Å²) in [5, 5.41) is 9.58. The van der Waals surface area contributed by atoms with Crippen LogP contribution in [0.5, 0.6) is 11.5 Å². The van der Waals surface area contributed by atoms with Crippen LogP contribution in [0.25, 0.3) is 0 Å². The Morgan fingerprint density at radius 3 is 2.46 bits per heavy atom. The number of carbonyl (C=O) groups excluding carboxylic acids is 1. The summed E-state index contributed by atoms with van der Waals surface area (Å²) in [6, 6.07) is 5.51. The first-order valence-corrected chi connectivity index (χ1v) is 8.93. The monoisotopic (exact) mass is 363 g/mol. The minimum Gasteiger partial charge on any atom is -0.493 e. The lowest BCUT2D eigenvalue weighted by molar-refractivity contribution is -0.141. The lowest BCUT2D eigenvalue weighted by Crippen LogP contribution is -2.29. The summed E-state index contributed by atoms with van der Waals surface area (Å²) >= 11 is 0. The molecule has 1 aliphatic heterocycles. The number of aliphatic carboxylic acids is 1. The number of benzene rings is 1. The third kappa shape index (κ3) is 3.71. The molecule has 0 radical (unpaired) electrons. The number of ether oxygens (including phenoxy) is 3. The fourth-order valence-electron chi connectivity index (χ4n) is 3.87. The van der Waals surface area contributed by atoms with Crippen LogP contribution in [0.1, 0.15) is 37.2 Å². The van der Waals surface area contributed by atoms with Crippen molar-refractivity contribution in [3.05, 3.63) is 23.8 Å². The lowest BCUT2D eigenvalue weighted by atomic mass is 9.89. The lowest BCUT2D eigenvalue weighted by Gasteiger charge is -2.20. The average molecular weight is 363 g/mol. The maximum atomic E-state index is 11.8. The number of rotatable bonds is 5. The summed E-state index contributed by atoms with van der Waals surface area (Å²) < 4.78 is 16.3. The molecule has 1 saturated heterocycles. The highest BCUT2D eigenvalue weighted by Crippen LogP contribution is 2.39. The molecule has 1 aliphatic carbocycles. The Hall–Kier alpha value is -2.44. The third-order valence-corrected chi connectivity index (χ3v) is 5.28. The molecule has 0 unspecified atom stereocenters. The van der Waals surface area contributed by atoms with Gasteiger partial charge in [-0.2, -0.15) is 0 Å². The van der Waals surface area contributed by atoms with Gasteiger partial charge in [-0.3, -0.25) is 4.79 Å². The number of amides is 1. The van der Waals surface area contributed by atoms with Crippen LogP contribution in [0.2, 0.25) is 0 Å². The fraction of sp³-hybridized carbons (Fsp3) is 0.579. The minimum absolute atomic E-state index is 0.136. The molecular formula is C19H25NO6. The summed E-state index contributed by atoms with van der Waals surface area (Å²) in [7, 11) is 2.89. The van der Waals surface area contributed by atoms with Crippen molar-refractivity contribution in [3.8, 4) is 11.5 Å². The van der Waals surface area contributed by atoms with E-state index in [1.807, 2.05) is 12.1 Å². The van der Waals surface area contributed by atoms with Crippen LogP contribution < -0.4 is 9.47 Å². The van der Waals surface area contributed by atoms with E-state index in [0.29, 0.717) is 18.0 Å². The molecule has 1 heterocycles. The first kappa shape index (κ1) is 18.4. The number of likely N-dealkylation sites (tertiary alicyclic amines) is 1. The van der Waals surface area contributed by atoms with Crippen molar-refractivity contribution in [1.29, 1.82) is 0 Å². The Bertz CT molecular complexity index is 670. The predicted molar refractivity (Wildman–Crippen MR) is 93.7 cm³/mol. The van der Waals surface area contributed by atoms with Gasteiger partial charge in [0, 0.05) is 19.0 Å². The molecule has 2 atom stereocenters. The molecule has 26 heavy (non-hydrogen) atoms. The predicted octanol–water partition coefficient (Wildman–Crippen LogP) is 2.88. The summed E-state index contributed by atoms with van der Waals surface area (Å²) in [6.45, 7) is 0.441. The Morgan fingerprint density at radius 1 is 1.12 bits per heavy atom. The van der Waals surface area contributed by atoms with Crippen LogP contribution in [0.15, 0.2) is 18.2 Å². The van der Waals surface area contributed by atoms with E-state index < -0.39 is 18.0 Å². The van der Waals surface area contributed by atoms with Crippen molar-refractivity contribution in [2.45, 2.75) is 37.7 Å². The first-order chi connectivity index (χ1) is 12.5. The molecular weight excluding hydrogens is 338 g/mol. The Kier molecular flexibility index (Phi) is 5.54. The number of hydrogen-bond acceptors (Lipinski definition) is 5. The van der Waals surface area contributed by atoms with Gasteiger partial charge in [-0.25, -0.2) is 4.79 Å². The molecule has 7 heteroatoms. The highest BCUT2D eigenvalue weighted by Gasteiger charge is 2.41. The number of carboxylic acids is 1. The van der Waals surface area contributed by atoms with Crippen molar-refractivity contribution in [3.63, 3.8) is 0 Å². The summed E-state index contributed by atoms with van der Waals surface area (Å²) in [5.41, 5.74) is 0.831. The van der Waals surface area contributed by atoms with Crippen molar-refractivity contribution >= 4 is 12.1 Å². The quantitative estimate of drug-likeness (QED) is 0.866. The van der Waals surface area contributed by atoms with Gasteiger partial charge in [-0.05, 0) is 43.4 Å². The molecule has 1 N–H and O–H groups in total. The van der Waals surface area contributed by atoms with Crippen molar-refractivity contribution in [2.24, 2.45) is 5.92 Å². The summed E-state index contributed by atoms with van der Waals surface area (Å²) in [6.07, 6.45) is 4.02. The smallest absolute Gasteiger partial charge is 0.409 e. The van der Waals surface area contributed by atoms with Gasteiger partial charge in [0.15, 0.2) is 11.5 Å². The number of methoxy groups -OCH3 is 2. The number of carbonyl (C=O) groups is 2. The van der Waals surface area contributed by atoms with Gasteiger partial charge in [0.2, 0.25) is 0 Å². The van der Waals surface area contributed by atoms with E-state index in [1.165, 1.54) is 12.0 Å². The molecule has 1 amide bonds. The molecule has 1 aromatic rings. The van der Waals surface area contributed by atoms with E-state index in [9.17, 15) is 14.7 Å². The Balaban J connectivity index is 1.86. The number of nitrogens with zero attached hydrogens (tertiary/aromatic N) is 1. The first-order valence-electron chi connectivity index (χ1n) is 8.93. The average Bonchev–Trinajstić information content (AvgIpc) is 3.30. The van der Waals surface area contributed by atoms with Gasteiger partial charge in [-0.15, -0.1) is 0 Å². The van der Waals surface area contributed by atoms with Crippen LogP contribution in [-0.4, -0.2) is 55.5 Å². The molecule has 1 saturated carbocycles. The molecule has 1 aromatic carbocycles. The van der Waals surface area contributed by atoms with Gasteiger partial charge in [0.25, 0.3) is 0 Å². The Labute approximate surface area is 152 Å². The maximum absolute atomic E-state index is 11.8. The zero-order chi connectivity index (χ0) is 18.7. The van der Waals surface area contributed by atoms with Gasteiger partial charge in [-0.1, -0.05) is 6.07 Å². The number of carboxylic acid groups (broad SMARTS) is 1. The number of hydrogen-bond donors (Lipinski definition) is 1.